The lowest BCUT2D eigenvalue weighted by atomic mass is 10.0. The average Bonchev–Trinajstić information content (AvgIpc) is 3.40. The monoisotopic (exact) mass is 1040 g/mol. The van der Waals surface area contributed by atoms with Gasteiger partial charge >= 0.3 is 17.9 Å². The lowest BCUT2D eigenvalue weighted by Crippen LogP contribution is -2.30. The summed E-state index contributed by atoms with van der Waals surface area (Å²) in [6, 6.07) is 0. The molecule has 0 N–H and O–H groups in total. The summed E-state index contributed by atoms with van der Waals surface area (Å²) in [4.78, 5) is 38.2. The molecule has 0 aliphatic carbocycles. The first-order valence-electron chi connectivity index (χ1n) is 32.6. The van der Waals surface area contributed by atoms with E-state index in [4.69, 9.17) is 14.2 Å². The van der Waals surface area contributed by atoms with Gasteiger partial charge in [0.1, 0.15) is 13.2 Å². The molecule has 0 rings (SSSR count). The Hall–Kier alpha value is -2.63. The second-order valence-corrected chi connectivity index (χ2v) is 22.0. The van der Waals surface area contributed by atoms with Crippen LogP contribution in [0.15, 0.2) is 48.6 Å². The van der Waals surface area contributed by atoms with E-state index in [1.54, 1.807) is 0 Å². The van der Waals surface area contributed by atoms with Gasteiger partial charge in [0.2, 0.25) is 0 Å². The number of carbonyl (C=O) groups is 3. The van der Waals surface area contributed by atoms with Crippen molar-refractivity contribution in [3.8, 4) is 0 Å². The van der Waals surface area contributed by atoms with E-state index in [9.17, 15) is 14.4 Å². The van der Waals surface area contributed by atoms with Crippen LogP contribution in [0.25, 0.3) is 0 Å². The largest absolute Gasteiger partial charge is 0.462 e. The molecule has 0 aromatic heterocycles. The van der Waals surface area contributed by atoms with Gasteiger partial charge in [-0.25, -0.2) is 0 Å². The van der Waals surface area contributed by atoms with Crippen LogP contribution in [0.5, 0.6) is 0 Å². The SMILES string of the molecule is CCCCCCC/C=C\C/C=C\CCCCCCCCCCCCCC(=O)OCC(COC(=O)CCCCCCCCCCCC)OC(=O)CCCCCCCCCCCCC/C=C\C/C=C\CCCCCCC. The quantitative estimate of drug-likeness (QED) is 0.0261. The summed E-state index contributed by atoms with van der Waals surface area (Å²) in [5.74, 6) is -0.857. The van der Waals surface area contributed by atoms with E-state index < -0.39 is 6.10 Å². The molecular formula is C68H124O6. The zero-order valence-corrected chi connectivity index (χ0v) is 49.6. The smallest absolute Gasteiger partial charge is 0.306 e. The minimum absolute atomic E-state index is 0.0708. The Morgan fingerprint density at radius 2 is 0.486 bits per heavy atom. The molecule has 0 fully saturated rings. The van der Waals surface area contributed by atoms with E-state index in [0.717, 1.165) is 70.6 Å². The molecule has 6 heteroatoms. The molecule has 0 aromatic carbocycles. The highest BCUT2D eigenvalue weighted by Crippen LogP contribution is 2.17. The normalized spacial score (nSPS) is 12.3. The van der Waals surface area contributed by atoms with Crippen molar-refractivity contribution in [2.75, 3.05) is 13.2 Å². The van der Waals surface area contributed by atoms with E-state index in [0.29, 0.717) is 19.3 Å². The fourth-order valence-electron chi connectivity index (χ4n) is 9.62. The summed E-state index contributed by atoms with van der Waals surface area (Å²) in [6.45, 7) is 6.65. The molecule has 0 bridgehead atoms. The number of esters is 3. The Kier molecular flexibility index (Phi) is 60.7. The van der Waals surface area contributed by atoms with Crippen molar-refractivity contribution in [3.63, 3.8) is 0 Å². The van der Waals surface area contributed by atoms with Crippen LogP contribution < -0.4 is 0 Å². The highest BCUT2D eigenvalue weighted by Gasteiger charge is 2.19. The van der Waals surface area contributed by atoms with E-state index in [-0.39, 0.29) is 31.1 Å². The predicted molar refractivity (Wildman–Crippen MR) is 321 cm³/mol. The molecule has 0 amide bonds. The second kappa shape index (κ2) is 62.9. The van der Waals surface area contributed by atoms with Gasteiger partial charge in [0, 0.05) is 19.3 Å². The summed E-state index contributed by atoms with van der Waals surface area (Å²) >= 11 is 0. The Labute approximate surface area is 460 Å². The van der Waals surface area contributed by atoms with Crippen molar-refractivity contribution >= 4 is 17.9 Å². The van der Waals surface area contributed by atoms with Gasteiger partial charge in [-0.1, -0.05) is 294 Å². The van der Waals surface area contributed by atoms with Crippen molar-refractivity contribution in [1.82, 2.24) is 0 Å². The molecule has 0 saturated heterocycles. The maximum absolute atomic E-state index is 12.9. The van der Waals surface area contributed by atoms with Crippen molar-refractivity contribution in [2.24, 2.45) is 0 Å². The standard InChI is InChI=1S/C68H124O6/c1-4-7-10-13-16-19-22-24-26-28-30-32-34-36-38-40-42-44-46-49-52-55-58-61-67(70)73-64-65(63-72-66(69)60-57-54-51-48-21-18-15-12-9-6-3)74-68(71)62-59-56-53-50-47-45-43-41-39-37-35-33-31-29-27-25-23-20-17-14-11-8-5-2/h22-25,28-31,65H,4-21,26-27,32-64H2,1-3H3/b24-22-,25-23-,30-28-,31-29-. The number of carbonyl (C=O) groups excluding carboxylic acids is 3. The Bertz CT molecular complexity index is 1280. The van der Waals surface area contributed by atoms with Gasteiger partial charge in [0.15, 0.2) is 6.10 Å². The van der Waals surface area contributed by atoms with Crippen LogP contribution in [-0.4, -0.2) is 37.2 Å². The lowest BCUT2D eigenvalue weighted by Gasteiger charge is -2.18. The lowest BCUT2D eigenvalue weighted by molar-refractivity contribution is -0.167. The Balaban J connectivity index is 4.22. The molecule has 1 unspecified atom stereocenters. The van der Waals surface area contributed by atoms with Crippen LogP contribution >= 0.6 is 0 Å². The number of allylic oxidation sites excluding steroid dienone is 8. The van der Waals surface area contributed by atoms with Gasteiger partial charge < -0.3 is 14.2 Å². The third-order valence-electron chi connectivity index (χ3n) is 14.6. The van der Waals surface area contributed by atoms with E-state index in [1.807, 2.05) is 0 Å². The number of unbranched alkanes of at least 4 members (excludes halogenated alkanes) is 41. The molecule has 432 valence electrons. The van der Waals surface area contributed by atoms with Crippen LogP contribution in [0.2, 0.25) is 0 Å². The first-order chi connectivity index (χ1) is 36.5. The van der Waals surface area contributed by atoms with Gasteiger partial charge in [0.05, 0.1) is 0 Å². The number of rotatable bonds is 60. The highest BCUT2D eigenvalue weighted by molar-refractivity contribution is 5.71. The third kappa shape index (κ3) is 60.2. The predicted octanol–water partition coefficient (Wildman–Crippen LogP) is 22.2. The Morgan fingerprint density at radius 3 is 0.743 bits per heavy atom. The van der Waals surface area contributed by atoms with Gasteiger partial charge in [-0.15, -0.1) is 0 Å². The van der Waals surface area contributed by atoms with Crippen molar-refractivity contribution in [2.45, 2.75) is 354 Å². The first kappa shape index (κ1) is 71.4. The average molecular weight is 1040 g/mol. The van der Waals surface area contributed by atoms with E-state index >= 15 is 0 Å². The molecule has 74 heavy (non-hydrogen) atoms. The maximum atomic E-state index is 12.9. The topological polar surface area (TPSA) is 78.9 Å². The fourth-order valence-corrected chi connectivity index (χ4v) is 9.62. The zero-order chi connectivity index (χ0) is 53.6. The van der Waals surface area contributed by atoms with Crippen molar-refractivity contribution in [1.29, 1.82) is 0 Å². The molecule has 0 spiro atoms. The summed E-state index contributed by atoms with van der Waals surface area (Å²) in [7, 11) is 0. The number of hydrogen-bond donors (Lipinski definition) is 0. The zero-order valence-electron chi connectivity index (χ0n) is 49.6. The molecule has 6 nitrogen and oxygen atoms in total. The molecular weight excluding hydrogens is 913 g/mol. The second-order valence-electron chi connectivity index (χ2n) is 22.0. The molecule has 1 atom stereocenters. The molecule has 0 aromatic rings. The van der Waals surface area contributed by atoms with Gasteiger partial charge in [-0.05, 0) is 83.5 Å². The molecule has 0 aliphatic heterocycles. The van der Waals surface area contributed by atoms with Gasteiger partial charge in [-0.2, -0.15) is 0 Å². The highest BCUT2D eigenvalue weighted by atomic mass is 16.6. The van der Waals surface area contributed by atoms with Crippen LogP contribution in [0.3, 0.4) is 0 Å². The third-order valence-corrected chi connectivity index (χ3v) is 14.6. The Morgan fingerprint density at radius 1 is 0.270 bits per heavy atom. The summed E-state index contributed by atoms with van der Waals surface area (Å²) in [5.41, 5.74) is 0. The molecule has 0 saturated carbocycles. The van der Waals surface area contributed by atoms with Gasteiger partial charge in [-0.3, -0.25) is 14.4 Å². The number of ether oxygens (including phenoxy) is 3. The summed E-state index contributed by atoms with van der Waals surface area (Å²) in [6.07, 6.45) is 78.4. The van der Waals surface area contributed by atoms with Crippen molar-refractivity contribution in [3.05, 3.63) is 48.6 Å². The van der Waals surface area contributed by atoms with Crippen molar-refractivity contribution < 1.29 is 28.6 Å². The minimum Gasteiger partial charge on any atom is -0.462 e. The maximum Gasteiger partial charge on any atom is 0.306 e. The van der Waals surface area contributed by atoms with Crippen LogP contribution in [0, 0.1) is 0 Å². The summed E-state index contributed by atoms with van der Waals surface area (Å²) < 4.78 is 16.9. The van der Waals surface area contributed by atoms with E-state index in [2.05, 4.69) is 69.4 Å². The minimum atomic E-state index is -0.773. The fraction of sp³-hybridized carbons (Fsp3) is 0.838. The molecule has 0 aliphatic rings. The van der Waals surface area contributed by atoms with Crippen LogP contribution in [0.1, 0.15) is 348 Å². The molecule has 0 heterocycles. The van der Waals surface area contributed by atoms with Gasteiger partial charge in [0.25, 0.3) is 0 Å². The van der Waals surface area contributed by atoms with Crippen LogP contribution in [-0.2, 0) is 28.6 Å². The molecule has 0 radical (unpaired) electrons. The first-order valence-corrected chi connectivity index (χ1v) is 32.6. The summed E-state index contributed by atoms with van der Waals surface area (Å²) in [5, 5.41) is 0. The van der Waals surface area contributed by atoms with E-state index in [1.165, 1.54) is 238 Å². The van der Waals surface area contributed by atoms with Crippen LogP contribution in [0.4, 0.5) is 0 Å². The number of hydrogen-bond acceptors (Lipinski definition) is 6.